The first-order valence-electron chi connectivity index (χ1n) is 9.28. The molecule has 31 heavy (non-hydrogen) atoms. The van der Waals surface area contributed by atoms with E-state index in [2.05, 4.69) is 20.6 Å². The largest absolute Gasteiger partial charge is 0.493 e. The summed E-state index contributed by atoms with van der Waals surface area (Å²) in [5.74, 6) is 1.35. The third kappa shape index (κ3) is 10.0. The van der Waals surface area contributed by atoms with Crippen LogP contribution in [0.2, 0.25) is 0 Å². The predicted octanol–water partition coefficient (Wildman–Crippen LogP) is 4.20. The van der Waals surface area contributed by atoms with Crippen LogP contribution in [0.3, 0.4) is 0 Å². The Balaban J connectivity index is 0.00000480. The lowest BCUT2D eigenvalue weighted by Gasteiger charge is -2.13. The van der Waals surface area contributed by atoms with E-state index in [1.807, 2.05) is 24.3 Å². The van der Waals surface area contributed by atoms with Crippen LogP contribution in [0.25, 0.3) is 0 Å². The van der Waals surface area contributed by atoms with Gasteiger partial charge in [-0.15, -0.1) is 24.0 Å². The second-order valence-corrected chi connectivity index (χ2v) is 6.08. The Labute approximate surface area is 196 Å². The van der Waals surface area contributed by atoms with Gasteiger partial charge < -0.3 is 24.8 Å². The van der Waals surface area contributed by atoms with Gasteiger partial charge in [-0.2, -0.15) is 13.2 Å². The van der Waals surface area contributed by atoms with Crippen LogP contribution in [0.5, 0.6) is 11.6 Å². The third-order valence-electron chi connectivity index (χ3n) is 3.79. The van der Waals surface area contributed by atoms with Crippen molar-refractivity contribution in [2.75, 3.05) is 45.8 Å². The maximum Gasteiger partial charge on any atom is 0.417 e. The lowest BCUT2D eigenvalue weighted by molar-refractivity contribution is -0.137. The van der Waals surface area contributed by atoms with Gasteiger partial charge in [0.2, 0.25) is 5.88 Å². The van der Waals surface area contributed by atoms with Crippen molar-refractivity contribution in [3.63, 3.8) is 0 Å². The van der Waals surface area contributed by atoms with Gasteiger partial charge in [0.1, 0.15) is 12.4 Å². The van der Waals surface area contributed by atoms with Crippen LogP contribution in [0.15, 0.2) is 47.6 Å². The number of benzene rings is 1. The summed E-state index contributed by atoms with van der Waals surface area (Å²) >= 11 is 0. The van der Waals surface area contributed by atoms with Gasteiger partial charge in [-0.25, -0.2) is 4.98 Å². The predicted molar refractivity (Wildman–Crippen MR) is 124 cm³/mol. The van der Waals surface area contributed by atoms with E-state index in [1.54, 1.807) is 14.2 Å². The second kappa shape index (κ2) is 13.9. The molecule has 1 heterocycles. The molecule has 2 rings (SSSR count). The average Bonchev–Trinajstić information content (AvgIpc) is 2.73. The van der Waals surface area contributed by atoms with Gasteiger partial charge in [-0.3, -0.25) is 4.99 Å². The van der Waals surface area contributed by atoms with E-state index in [0.717, 1.165) is 30.1 Å². The topological polar surface area (TPSA) is 77.0 Å². The zero-order chi connectivity index (χ0) is 21.8. The highest BCUT2D eigenvalue weighted by molar-refractivity contribution is 14.0. The van der Waals surface area contributed by atoms with Crippen molar-refractivity contribution in [1.29, 1.82) is 0 Å². The fraction of sp³-hybridized carbons (Fsp3) is 0.400. The summed E-state index contributed by atoms with van der Waals surface area (Å²) in [4.78, 5) is 7.78. The molecule has 7 nitrogen and oxygen atoms in total. The molecule has 0 fully saturated rings. The monoisotopic (exact) mass is 554 g/mol. The summed E-state index contributed by atoms with van der Waals surface area (Å²) < 4.78 is 53.6. The fourth-order valence-corrected chi connectivity index (χ4v) is 2.33. The third-order valence-corrected chi connectivity index (χ3v) is 3.79. The molecule has 2 N–H and O–H groups in total. The smallest absolute Gasteiger partial charge is 0.417 e. The number of hydrogen-bond acceptors (Lipinski definition) is 5. The van der Waals surface area contributed by atoms with Crippen molar-refractivity contribution in [2.45, 2.75) is 12.6 Å². The van der Waals surface area contributed by atoms with Crippen molar-refractivity contribution >= 4 is 35.6 Å². The van der Waals surface area contributed by atoms with E-state index in [0.29, 0.717) is 25.7 Å². The van der Waals surface area contributed by atoms with E-state index in [-0.39, 0.29) is 36.5 Å². The van der Waals surface area contributed by atoms with Crippen LogP contribution < -0.4 is 20.1 Å². The van der Waals surface area contributed by atoms with Gasteiger partial charge in [0.25, 0.3) is 0 Å². The summed E-state index contributed by atoms with van der Waals surface area (Å²) in [6.07, 6.45) is -2.88. The SMILES string of the molecule is CN=C(NCCOc1ccc(C(F)(F)F)cn1)Nc1cccc(OCCCOC)c1.I. The highest BCUT2D eigenvalue weighted by atomic mass is 127. The molecule has 0 saturated heterocycles. The number of aromatic nitrogens is 1. The molecule has 0 aliphatic rings. The zero-order valence-electron chi connectivity index (χ0n) is 17.2. The molecule has 0 atom stereocenters. The number of pyridine rings is 1. The molecular weight excluding hydrogens is 528 g/mol. The minimum absolute atomic E-state index is 0. The molecule has 0 aliphatic heterocycles. The second-order valence-electron chi connectivity index (χ2n) is 6.08. The van der Waals surface area contributed by atoms with Crippen LogP contribution in [0, 0.1) is 0 Å². The number of nitrogens with zero attached hydrogens (tertiary/aromatic N) is 2. The van der Waals surface area contributed by atoms with Crippen LogP contribution in [-0.4, -0.2) is 51.5 Å². The standard InChI is InChI=1S/C20H25F3N4O3.HI/c1-24-19(27-16-5-3-6-17(13-16)29-11-4-10-28-2)25-9-12-30-18-8-7-15(14-26-18)20(21,22)23;/h3,5-8,13-14H,4,9-12H2,1-2H3,(H2,24,25,27);1H. The maximum absolute atomic E-state index is 12.5. The molecule has 1 aromatic heterocycles. The van der Waals surface area contributed by atoms with E-state index >= 15 is 0 Å². The summed E-state index contributed by atoms with van der Waals surface area (Å²) in [5.41, 5.74) is -0.0276. The first-order valence-corrected chi connectivity index (χ1v) is 9.28. The van der Waals surface area contributed by atoms with Gasteiger partial charge in [0.05, 0.1) is 18.7 Å². The van der Waals surface area contributed by atoms with Crippen LogP contribution in [0.4, 0.5) is 18.9 Å². The number of hydrogen-bond donors (Lipinski definition) is 2. The van der Waals surface area contributed by atoms with E-state index < -0.39 is 11.7 Å². The fourth-order valence-electron chi connectivity index (χ4n) is 2.33. The van der Waals surface area contributed by atoms with Gasteiger partial charge in [0, 0.05) is 51.2 Å². The summed E-state index contributed by atoms with van der Waals surface area (Å²) in [5, 5.41) is 6.18. The Hall–Kier alpha value is -2.28. The van der Waals surface area contributed by atoms with Gasteiger partial charge in [-0.1, -0.05) is 6.07 Å². The molecule has 0 unspecified atom stereocenters. The molecule has 0 bridgehead atoms. The van der Waals surface area contributed by atoms with Crippen molar-refractivity contribution < 1.29 is 27.4 Å². The lowest BCUT2D eigenvalue weighted by atomic mass is 10.3. The molecule has 11 heteroatoms. The van der Waals surface area contributed by atoms with Crippen molar-refractivity contribution in [1.82, 2.24) is 10.3 Å². The summed E-state index contributed by atoms with van der Waals surface area (Å²) in [7, 11) is 3.27. The highest BCUT2D eigenvalue weighted by Crippen LogP contribution is 2.29. The zero-order valence-corrected chi connectivity index (χ0v) is 19.6. The molecule has 2 aromatic rings. The molecule has 0 spiro atoms. The Kier molecular flexibility index (Phi) is 12.0. The van der Waals surface area contributed by atoms with Gasteiger partial charge in [0.15, 0.2) is 5.96 Å². The molecule has 0 amide bonds. The maximum atomic E-state index is 12.5. The first-order chi connectivity index (χ1) is 14.4. The van der Waals surface area contributed by atoms with Crippen molar-refractivity contribution in [3.05, 3.63) is 48.2 Å². The van der Waals surface area contributed by atoms with Crippen molar-refractivity contribution in [2.24, 2.45) is 4.99 Å². The Morgan fingerprint density at radius 3 is 2.55 bits per heavy atom. The minimum atomic E-state index is -4.42. The van der Waals surface area contributed by atoms with E-state index in [9.17, 15) is 13.2 Å². The Morgan fingerprint density at radius 2 is 1.90 bits per heavy atom. The number of rotatable bonds is 10. The molecule has 1 aromatic carbocycles. The first kappa shape index (κ1) is 26.8. The van der Waals surface area contributed by atoms with Gasteiger partial charge >= 0.3 is 6.18 Å². The van der Waals surface area contributed by atoms with Crippen LogP contribution in [0.1, 0.15) is 12.0 Å². The van der Waals surface area contributed by atoms with E-state index in [1.165, 1.54) is 6.07 Å². The minimum Gasteiger partial charge on any atom is -0.493 e. The molecule has 172 valence electrons. The van der Waals surface area contributed by atoms with E-state index in [4.69, 9.17) is 14.2 Å². The number of halogens is 4. The Morgan fingerprint density at radius 1 is 1.10 bits per heavy atom. The molecule has 0 radical (unpaired) electrons. The van der Waals surface area contributed by atoms with Crippen LogP contribution >= 0.6 is 24.0 Å². The lowest BCUT2D eigenvalue weighted by Crippen LogP contribution is -2.33. The number of guanidine groups is 1. The highest BCUT2D eigenvalue weighted by Gasteiger charge is 2.30. The number of aliphatic imine (C=N–C) groups is 1. The summed E-state index contributed by atoms with van der Waals surface area (Å²) in [6, 6.07) is 9.56. The molecule has 0 aliphatic carbocycles. The summed E-state index contributed by atoms with van der Waals surface area (Å²) in [6.45, 7) is 1.76. The number of ether oxygens (including phenoxy) is 3. The Bertz CT molecular complexity index is 805. The number of alkyl halides is 3. The van der Waals surface area contributed by atoms with Gasteiger partial charge in [-0.05, 0) is 18.2 Å². The molecular formula is C20H26F3IN4O3. The van der Waals surface area contributed by atoms with Crippen molar-refractivity contribution in [3.8, 4) is 11.6 Å². The number of methoxy groups -OCH3 is 1. The molecule has 0 saturated carbocycles. The quantitative estimate of drug-likeness (QED) is 0.199. The average molecular weight is 554 g/mol. The van der Waals surface area contributed by atoms with Crippen LogP contribution in [-0.2, 0) is 10.9 Å². The number of anilines is 1. The number of nitrogens with one attached hydrogen (secondary N) is 2. The normalized spacial score (nSPS) is 11.5.